The third-order valence-corrected chi connectivity index (χ3v) is 1.54. The van der Waals surface area contributed by atoms with E-state index in [1.54, 1.807) is 0 Å². The molecule has 0 aliphatic carbocycles. The fourth-order valence-electron chi connectivity index (χ4n) is 0.474. The van der Waals surface area contributed by atoms with E-state index in [4.69, 9.17) is 5.73 Å². The Balaban J connectivity index is 3.52. The second-order valence-corrected chi connectivity index (χ2v) is 2.71. The molecule has 0 aliphatic heterocycles. The van der Waals surface area contributed by atoms with E-state index in [-0.39, 0.29) is 24.3 Å². The van der Waals surface area contributed by atoms with Gasteiger partial charge in [0.25, 0.3) is 0 Å². The highest BCUT2D eigenvalue weighted by Crippen LogP contribution is 1.77. The zero-order valence-corrected chi connectivity index (χ0v) is 8.39. The van der Waals surface area contributed by atoms with Gasteiger partial charge in [0.2, 0.25) is 17.7 Å². The fourth-order valence-corrected chi connectivity index (χ4v) is 0.673. The Kier molecular flexibility index (Phi) is 5.86. The van der Waals surface area contributed by atoms with Crippen molar-refractivity contribution in [2.75, 3.05) is 18.4 Å². The quantitative estimate of drug-likeness (QED) is 0.498. The Morgan fingerprint density at radius 3 is 2.08 bits per heavy atom. The maximum Gasteiger partial charge on any atom is 0.239 e. The number of primary amides is 1. The summed E-state index contributed by atoms with van der Waals surface area (Å²) in [5.74, 6) is -1.37. The van der Waals surface area contributed by atoms with Gasteiger partial charge in [-0.1, -0.05) is 15.9 Å². The molecule has 0 unspecified atom stereocenters. The SMILES string of the molecule is NC(=O)CNC(=O)CNC(=O)CBr. The molecule has 6 nitrogen and oxygen atoms in total. The summed E-state index contributed by atoms with van der Waals surface area (Å²) in [5.41, 5.74) is 4.77. The van der Waals surface area contributed by atoms with E-state index in [9.17, 15) is 14.4 Å². The first-order chi connectivity index (χ1) is 6.06. The van der Waals surface area contributed by atoms with Crippen LogP contribution in [0, 0.1) is 0 Å². The van der Waals surface area contributed by atoms with Crippen molar-refractivity contribution in [2.45, 2.75) is 0 Å². The molecule has 0 fully saturated rings. The summed E-state index contributed by atoms with van der Waals surface area (Å²) in [4.78, 5) is 31.7. The second-order valence-electron chi connectivity index (χ2n) is 2.15. The Labute approximate surface area is 83.4 Å². The molecule has 0 heterocycles. The Morgan fingerprint density at radius 1 is 1.08 bits per heavy atom. The van der Waals surface area contributed by atoms with Gasteiger partial charge in [-0.3, -0.25) is 14.4 Å². The van der Waals surface area contributed by atoms with Gasteiger partial charge in [-0.05, 0) is 0 Å². The Bertz CT molecular complexity index is 219. The number of nitrogens with two attached hydrogens (primary N) is 1. The summed E-state index contributed by atoms with van der Waals surface area (Å²) >= 11 is 2.91. The molecule has 7 heteroatoms. The highest BCUT2D eigenvalue weighted by atomic mass is 79.9. The monoisotopic (exact) mass is 251 g/mol. The smallest absolute Gasteiger partial charge is 0.239 e. The Morgan fingerprint density at radius 2 is 1.62 bits per heavy atom. The number of rotatable bonds is 5. The molecule has 0 atom stereocenters. The van der Waals surface area contributed by atoms with Crippen molar-refractivity contribution in [3.05, 3.63) is 0 Å². The lowest BCUT2D eigenvalue weighted by Crippen LogP contribution is -2.40. The normalized spacial score (nSPS) is 9.00. The average molecular weight is 252 g/mol. The minimum absolute atomic E-state index is 0.135. The molecular formula is C6H10BrN3O3. The van der Waals surface area contributed by atoms with Crippen LogP contribution in [0.2, 0.25) is 0 Å². The number of hydrogen-bond acceptors (Lipinski definition) is 3. The molecule has 74 valence electrons. The molecule has 3 amide bonds. The van der Waals surface area contributed by atoms with Crippen LogP contribution in [0.1, 0.15) is 0 Å². The van der Waals surface area contributed by atoms with E-state index in [1.165, 1.54) is 0 Å². The molecular weight excluding hydrogens is 242 g/mol. The molecule has 0 radical (unpaired) electrons. The number of carbonyl (C=O) groups is 3. The Hall–Kier alpha value is -1.11. The van der Waals surface area contributed by atoms with E-state index in [0.29, 0.717) is 0 Å². The van der Waals surface area contributed by atoms with Crippen LogP contribution < -0.4 is 16.4 Å². The van der Waals surface area contributed by atoms with Crippen LogP contribution >= 0.6 is 15.9 Å². The number of halogens is 1. The topological polar surface area (TPSA) is 101 Å². The van der Waals surface area contributed by atoms with Crippen LogP contribution in [0.3, 0.4) is 0 Å². The molecule has 0 spiro atoms. The number of alkyl halides is 1. The van der Waals surface area contributed by atoms with Gasteiger partial charge in [-0.15, -0.1) is 0 Å². The first-order valence-electron chi connectivity index (χ1n) is 3.44. The summed E-state index contributed by atoms with van der Waals surface area (Å²) in [6.45, 7) is -0.374. The molecule has 0 aromatic carbocycles. The van der Waals surface area contributed by atoms with Crippen molar-refractivity contribution in [3.8, 4) is 0 Å². The van der Waals surface area contributed by atoms with E-state index in [0.717, 1.165) is 0 Å². The first-order valence-corrected chi connectivity index (χ1v) is 4.56. The zero-order valence-electron chi connectivity index (χ0n) is 6.80. The van der Waals surface area contributed by atoms with Gasteiger partial charge in [0.1, 0.15) is 0 Å². The summed E-state index contributed by atoms with van der Waals surface area (Å²) in [5, 5.41) is 4.66. The van der Waals surface area contributed by atoms with Gasteiger partial charge < -0.3 is 16.4 Å². The maximum atomic E-state index is 10.8. The van der Waals surface area contributed by atoms with Crippen LogP contribution in [0.5, 0.6) is 0 Å². The largest absolute Gasteiger partial charge is 0.368 e. The molecule has 0 saturated carbocycles. The third-order valence-electron chi connectivity index (χ3n) is 1.03. The lowest BCUT2D eigenvalue weighted by atomic mass is 10.5. The van der Waals surface area contributed by atoms with E-state index >= 15 is 0 Å². The number of nitrogens with one attached hydrogen (secondary N) is 2. The minimum atomic E-state index is -0.625. The van der Waals surface area contributed by atoms with Crippen molar-refractivity contribution in [1.82, 2.24) is 10.6 Å². The zero-order chi connectivity index (χ0) is 10.3. The predicted octanol–water partition coefficient (Wildman–Crippen LogP) is -1.90. The average Bonchev–Trinajstić information content (AvgIpc) is 2.10. The third kappa shape index (κ3) is 7.26. The summed E-state index contributed by atoms with van der Waals surface area (Å²) < 4.78 is 0. The highest BCUT2D eigenvalue weighted by molar-refractivity contribution is 9.09. The summed E-state index contributed by atoms with van der Waals surface area (Å²) in [7, 11) is 0. The molecule has 0 aromatic heterocycles. The molecule has 0 rings (SSSR count). The van der Waals surface area contributed by atoms with Crippen molar-refractivity contribution in [2.24, 2.45) is 5.73 Å². The summed E-state index contributed by atoms with van der Waals surface area (Å²) in [6, 6.07) is 0. The lowest BCUT2D eigenvalue weighted by Gasteiger charge is -2.03. The van der Waals surface area contributed by atoms with Crippen LogP contribution in [-0.2, 0) is 14.4 Å². The number of amides is 3. The molecule has 13 heavy (non-hydrogen) atoms. The van der Waals surface area contributed by atoms with Gasteiger partial charge in [-0.25, -0.2) is 0 Å². The van der Waals surface area contributed by atoms with Gasteiger partial charge in [0.15, 0.2) is 0 Å². The number of carbonyl (C=O) groups excluding carboxylic acids is 3. The van der Waals surface area contributed by atoms with E-state index in [1.807, 2.05) is 0 Å². The molecule has 0 bridgehead atoms. The van der Waals surface area contributed by atoms with Crippen molar-refractivity contribution in [3.63, 3.8) is 0 Å². The van der Waals surface area contributed by atoms with E-state index < -0.39 is 11.8 Å². The molecule has 0 aromatic rings. The van der Waals surface area contributed by atoms with Crippen LogP contribution in [0.4, 0.5) is 0 Å². The lowest BCUT2D eigenvalue weighted by molar-refractivity contribution is -0.126. The maximum absolute atomic E-state index is 10.8. The van der Waals surface area contributed by atoms with Crippen LogP contribution in [0.15, 0.2) is 0 Å². The van der Waals surface area contributed by atoms with Crippen LogP contribution in [0.25, 0.3) is 0 Å². The summed E-state index contributed by atoms with van der Waals surface area (Å²) in [6.07, 6.45) is 0. The van der Waals surface area contributed by atoms with Gasteiger partial charge in [0.05, 0.1) is 18.4 Å². The van der Waals surface area contributed by atoms with Crippen molar-refractivity contribution in [1.29, 1.82) is 0 Å². The van der Waals surface area contributed by atoms with Gasteiger partial charge >= 0.3 is 0 Å². The minimum Gasteiger partial charge on any atom is -0.368 e. The van der Waals surface area contributed by atoms with Crippen molar-refractivity contribution < 1.29 is 14.4 Å². The van der Waals surface area contributed by atoms with Gasteiger partial charge in [0, 0.05) is 0 Å². The highest BCUT2D eigenvalue weighted by Gasteiger charge is 2.04. The van der Waals surface area contributed by atoms with Crippen molar-refractivity contribution >= 4 is 33.7 Å². The first kappa shape index (κ1) is 11.9. The second kappa shape index (κ2) is 6.41. The van der Waals surface area contributed by atoms with Gasteiger partial charge in [-0.2, -0.15) is 0 Å². The predicted molar refractivity (Wildman–Crippen MR) is 49.0 cm³/mol. The fraction of sp³-hybridized carbons (Fsp3) is 0.500. The van der Waals surface area contributed by atoms with E-state index in [2.05, 4.69) is 26.6 Å². The number of hydrogen-bond donors (Lipinski definition) is 3. The standard InChI is InChI=1S/C6H10BrN3O3/c7-1-5(12)10-3-6(13)9-2-4(8)11/h1-3H2,(H2,8,11)(H,9,13)(H,10,12). The molecule has 0 aliphatic rings. The van der Waals surface area contributed by atoms with Crippen LogP contribution in [-0.4, -0.2) is 36.1 Å². The molecule has 0 saturated heterocycles. The molecule has 4 N–H and O–H groups in total.